The highest BCUT2D eigenvalue weighted by Gasteiger charge is 2.31. The SMILES string of the molecule is C[C@@H]1CCCN(S(=O)(=O)c2cc(C(=O)Nc3nc4c(s3)CCCC4)ccc2Cl)C1. The van der Waals surface area contributed by atoms with E-state index in [1.807, 2.05) is 6.92 Å². The van der Waals surface area contributed by atoms with E-state index in [-0.39, 0.29) is 21.4 Å². The molecule has 0 spiro atoms. The molecule has 1 aromatic carbocycles. The van der Waals surface area contributed by atoms with Gasteiger partial charge in [-0.1, -0.05) is 18.5 Å². The first kappa shape index (κ1) is 20.8. The highest BCUT2D eigenvalue weighted by Crippen LogP contribution is 2.31. The van der Waals surface area contributed by atoms with E-state index in [9.17, 15) is 13.2 Å². The van der Waals surface area contributed by atoms with Crippen LogP contribution in [0, 0.1) is 5.92 Å². The maximum absolute atomic E-state index is 13.1. The number of nitrogens with zero attached hydrogens (tertiary/aromatic N) is 2. The lowest BCUT2D eigenvalue weighted by molar-refractivity contribution is 0.102. The van der Waals surface area contributed by atoms with Crippen LogP contribution < -0.4 is 5.32 Å². The van der Waals surface area contributed by atoms with Crippen LogP contribution in [0.3, 0.4) is 0 Å². The maximum atomic E-state index is 13.1. The van der Waals surface area contributed by atoms with Crippen LogP contribution in [0.15, 0.2) is 23.1 Å². The number of carbonyl (C=O) groups excluding carboxylic acids is 1. The third kappa shape index (κ3) is 4.35. The third-order valence-electron chi connectivity index (χ3n) is 5.50. The van der Waals surface area contributed by atoms with Gasteiger partial charge in [-0.05, 0) is 62.6 Å². The number of anilines is 1. The zero-order chi connectivity index (χ0) is 20.6. The molecular weight excluding hydrogens is 430 g/mol. The standard InChI is InChI=1S/C20H24ClN3O3S2/c1-13-5-4-10-24(12-13)29(26,27)18-11-14(8-9-15(18)21)19(25)23-20-22-16-6-2-3-7-17(16)28-20/h8-9,11,13H,2-7,10,12H2,1H3,(H,22,23,25)/t13-/m1/s1. The molecule has 9 heteroatoms. The van der Waals surface area contributed by atoms with Crippen molar-refractivity contribution in [3.63, 3.8) is 0 Å². The molecule has 1 amide bonds. The minimum atomic E-state index is -3.75. The number of aromatic nitrogens is 1. The predicted octanol–water partition coefficient (Wildman–Crippen LogP) is 4.35. The summed E-state index contributed by atoms with van der Waals surface area (Å²) in [6.07, 6.45) is 6.06. The van der Waals surface area contributed by atoms with Crippen molar-refractivity contribution < 1.29 is 13.2 Å². The second-order valence-electron chi connectivity index (χ2n) is 7.81. The zero-order valence-electron chi connectivity index (χ0n) is 16.3. The molecule has 0 radical (unpaired) electrons. The molecule has 0 saturated carbocycles. The summed E-state index contributed by atoms with van der Waals surface area (Å²) in [4.78, 5) is 18.5. The average Bonchev–Trinajstić information content (AvgIpc) is 3.10. The number of benzene rings is 1. The molecular formula is C20H24ClN3O3S2. The molecule has 0 unspecified atom stereocenters. The first-order valence-corrected chi connectivity index (χ1v) is 12.6. The van der Waals surface area contributed by atoms with Crippen LogP contribution in [0.25, 0.3) is 0 Å². The lowest BCUT2D eigenvalue weighted by Gasteiger charge is -2.30. The van der Waals surface area contributed by atoms with Crippen molar-refractivity contribution in [2.45, 2.75) is 50.3 Å². The molecule has 2 aromatic rings. The van der Waals surface area contributed by atoms with Gasteiger partial charge in [0.25, 0.3) is 5.91 Å². The summed E-state index contributed by atoms with van der Waals surface area (Å²) in [6.45, 7) is 2.99. The lowest BCUT2D eigenvalue weighted by Crippen LogP contribution is -2.39. The quantitative estimate of drug-likeness (QED) is 0.746. The van der Waals surface area contributed by atoms with Crippen LogP contribution in [0.1, 0.15) is 53.5 Å². The number of sulfonamides is 1. The summed E-state index contributed by atoms with van der Waals surface area (Å²) >= 11 is 7.72. The van der Waals surface area contributed by atoms with Crippen LogP contribution in [0.5, 0.6) is 0 Å². The summed E-state index contributed by atoms with van der Waals surface area (Å²) in [7, 11) is -3.75. The number of fused-ring (bicyclic) bond motifs is 1. The molecule has 6 nitrogen and oxygen atoms in total. The molecule has 1 atom stereocenters. The van der Waals surface area contributed by atoms with E-state index in [1.54, 1.807) is 6.07 Å². The Kier molecular flexibility index (Phi) is 5.97. The number of thiazole rings is 1. The number of piperidine rings is 1. The molecule has 156 valence electrons. The van der Waals surface area contributed by atoms with E-state index in [1.165, 1.54) is 32.7 Å². The summed E-state index contributed by atoms with van der Waals surface area (Å²) in [5.74, 6) is -0.0732. The molecule has 29 heavy (non-hydrogen) atoms. The van der Waals surface area contributed by atoms with E-state index in [4.69, 9.17) is 11.6 Å². The van der Waals surface area contributed by atoms with Crippen LogP contribution in [0.4, 0.5) is 5.13 Å². The number of carbonyl (C=O) groups is 1. The number of aryl methyl sites for hydroxylation is 2. The van der Waals surface area contributed by atoms with Crippen molar-refractivity contribution in [2.24, 2.45) is 5.92 Å². The Bertz CT molecular complexity index is 1010. The van der Waals surface area contributed by atoms with Gasteiger partial charge < -0.3 is 0 Å². The Morgan fingerprint density at radius 1 is 1.28 bits per heavy atom. The van der Waals surface area contributed by atoms with Crippen molar-refractivity contribution in [3.8, 4) is 0 Å². The van der Waals surface area contributed by atoms with Gasteiger partial charge in [-0.3, -0.25) is 10.1 Å². The van der Waals surface area contributed by atoms with Gasteiger partial charge in [0, 0.05) is 23.5 Å². The zero-order valence-corrected chi connectivity index (χ0v) is 18.7. The topological polar surface area (TPSA) is 79.4 Å². The normalized spacial score (nSPS) is 20.3. The predicted molar refractivity (Wildman–Crippen MR) is 115 cm³/mol. The minimum absolute atomic E-state index is 0.0145. The van der Waals surface area contributed by atoms with E-state index in [0.717, 1.165) is 44.2 Å². The largest absolute Gasteiger partial charge is 0.298 e. The van der Waals surface area contributed by atoms with Gasteiger partial charge in [-0.15, -0.1) is 11.3 Å². The summed E-state index contributed by atoms with van der Waals surface area (Å²) in [5, 5.41) is 3.51. The number of hydrogen-bond acceptors (Lipinski definition) is 5. The van der Waals surface area contributed by atoms with E-state index in [0.29, 0.717) is 24.1 Å². The minimum Gasteiger partial charge on any atom is -0.298 e. The molecule has 1 aliphatic carbocycles. The van der Waals surface area contributed by atoms with Gasteiger partial charge in [0.05, 0.1) is 10.7 Å². The molecule has 4 rings (SSSR count). The fraction of sp³-hybridized carbons (Fsp3) is 0.500. The number of halogens is 1. The second kappa shape index (κ2) is 8.34. The molecule has 1 aliphatic heterocycles. The monoisotopic (exact) mass is 453 g/mol. The van der Waals surface area contributed by atoms with Crippen molar-refractivity contribution >= 4 is 44.0 Å². The molecule has 1 aromatic heterocycles. The Morgan fingerprint density at radius 2 is 2.07 bits per heavy atom. The van der Waals surface area contributed by atoms with Crippen LogP contribution in [0.2, 0.25) is 5.02 Å². The van der Waals surface area contributed by atoms with Crippen LogP contribution in [-0.4, -0.2) is 36.7 Å². The first-order chi connectivity index (χ1) is 13.8. The van der Waals surface area contributed by atoms with Gasteiger partial charge in [-0.2, -0.15) is 4.31 Å². The number of nitrogens with one attached hydrogen (secondary N) is 1. The fourth-order valence-corrected chi connectivity index (χ4v) is 7.06. The Hall–Kier alpha value is -1.48. The molecule has 1 saturated heterocycles. The summed E-state index contributed by atoms with van der Waals surface area (Å²) < 4.78 is 27.7. The highest BCUT2D eigenvalue weighted by atomic mass is 35.5. The van der Waals surface area contributed by atoms with Gasteiger partial charge >= 0.3 is 0 Å². The summed E-state index contributed by atoms with van der Waals surface area (Å²) in [5.41, 5.74) is 1.32. The third-order valence-corrected chi connectivity index (χ3v) is 8.92. The smallest absolute Gasteiger partial charge is 0.257 e. The van der Waals surface area contributed by atoms with E-state index < -0.39 is 10.0 Å². The van der Waals surface area contributed by atoms with Crippen LogP contribution in [-0.2, 0) is 22.9 Å². The number of hydrogen-bond donors (Lipinski definition) is 1. The fourth-order valence-electron chi connectivity index (χ4n) is 3.92. The lowest BCUT2D eigenvalue weighted by atomic mass is 10.0. The van der Waals surface area contributed by atoms with Crippen LogP contribution >= 0.6 is 22.9 Å². The van der Waals surface area contributed by atoms with Crippen molar-refractivity contribution in [2.75, 3.05) is 18.4 Å². The Morgan fingerprint density at radius 3 is 2.83 bits per heavy atom. The van der Waals surface area contributed by atoms with Gasteiger partial charge in [-0.25, -0.2) is 13.4 Å². The molecule has 2 heterocycles. The van der Waals surface area contributed by atoms with Crippen molar-refractivity contribution in [1.82, 2.24) is 9.29 Å². The van der Waals surface area contributed by atoms with E-state index >= 15 is 0 Å². The Labute approximate surface area is 180 Å². The summed E-state index contributed by atoms with van der Waals surface area (Å²) in [6, 6.07) is 4.40. The number of amides is 1. The van der Waals surface area contributed by atoms with Crippen molar-refractivity contribution in [3.05, 3.63) is 39.4 Å². The van der Waals surface area contributed by atoms with Crippen molar-refractivity contribution in [1.29, 1.82) is 0 Å². The molecule has 0 bridgehead atoms. The van der Waals surface area contributed by atoms with E-state index in [2.05, 4.69) is 10.3 Å². The molecule has 1 fully saturated rings. The molecule has 1 N–H and O–H groups in total. The average molecular weight is 454 g/mol. The number of rotatable bonds is 4. The highest BCUT2D eigenvalue weighted by molar-refractivity contribution is 7.89. The van der Waals surface area contributed by atoms with Gasteiger partial charge in [0.2, 0.25) is 10.0 Å². The maximum Gasteiger partial charge on any atom is 0.257 e. The van der Waals surface area contributed by atoms with Gasteiger partial charge in [0.1, 0.15) is 4.90 Å². The van der Waals surface area contributed by atoms with Gasteiger partial charge in [0.15, 0.2) is 5.13 Å². The molecule has 2 aliphatic rings. The first-order valence-electron chi connectivity index (χ1n) is 9.94. The Balaban J connectivity index is 1.57. The second-order valence-corrected chi connectivity index (χ2v) is 11.2.